The number of hydrogen-bond donors (Lipinski definition) is 0. The van der Waals surface area contributed by atoms with Gasteiger partial charge < -0.3 is 0 Å². The summed E-state index contributed by atoms with van der Waals surface area (Å²) in [5.41, 5.74) is 17.7. The predicted octanol–water partition coefficient (Wildman–Crippen LogP) is 14.0. The smallest absolute Gasteiger partial charge is 0.00201 e. The molecular formula is C50H32. The van der Waals surface area contributed by atoms with Crippen molar-refractivity contribution < 1.29 is 0 Å². The van der Waals surface area contributed by atoms with Crippen molar-refractivity contribution in [1.29, 1.82) is 0 Å². The van der Waals surface area contributed by atoms with Crippen molar-refractivity contribution in [2.24, 2.45) is 0 Å². The zero-order chi connectivity index (χ0) is 33.0. The van der Waals surface area contributed by atoms with Gasteiger partial charge in [0.15, 0.2) is 0 Å². The third-order valence-corrected chi connectivity index (χ3v) is 10.4. The van der Waals surface area contributed by atoms with E-state index in [1.54, 1.807) is 0 Å². The minimum atomic E-state index is 1.22. The Labute approximate surface area is 292 Å². The molecule has 1 aliphatic rings. The highest BCUT2D eigenvalue weighted by Crippen LogP contribution is 2.51. The zero-order valence-corrected chi connectivity index (χ0v) is 27.5. The van der Waals surface area contributed by atoms with E-state index in [4.69, 9.17) is 0 Å². The molecule has 0 aromatic heterocycles. The standard InChI is InChI=1S/C50H32/c1-3-12-33(13-4-1)34-22-24-36(25-23-34)40-18-9-10-19-41(40)39-26-27-42-46-29-28-43(44-20-11-21-45(50(44)46)48(42)32-39)49-31-38-17-8-7-16-37(38)30-47(49)35-14-5-2-6-15-35/h1-32H. The second-order valence-corrected chi connectivity index (χ2v) is 13.2. The largest absolute Gasteiger partial charge is 0.0622 e. The first-order valence-corrected chi connectivity index (χ1v) is 17.3. The van der Waals surface area contributed by atoms with Crippen molar-refractivity contribution in [3.8, 4) is 77.9 Å². The second-order valence-electron chi connectivity index (χ2n) is 13.2. The SMILES string of the molecule is c1ccc(-c2ccc(-c3ccccc3-c3ccc4c(c3)-c3cccc5c(-c6cc7ccccc7cc6-c6ccccc6)ccc-4c35)cc2)cc1. The lowest BCUT2D eigenvalue weighted by Crippen LogP contribution is -1.89. The average Bonchev–Trinajstić information content (AvgIpc) is 3.52. The highest BCUT2D eigenvalue weighted by molar-refractivity contribution is 6.20. The van der Waals surface area contributed by atoms with Crippen LogP contribution in [0.15, 0.2) is 194 Å². The van der Waals surface area contributed by atoms with E-state index in [1.165, 1.54) is 99.4 Å². The van der Waals surface area contributed by atoms with Crippen LogP contribution < -0.4 is 0 Å². The molecule has 9 aromatic rings. The molecular weight excluding hydrogens is 601 g/mol. The molecule has 0 heterocycles. The molecule has 0 nitrogen and oxygen atoms in total. The molecule has 0 atom stereocenters. The van der Waals surface area contributed by atoms with Gasteiger partial charge in [-0.25, -0.2) is 0 Å². The first kappa shape index (κ1) is 28.5. The van der Waals surface area contributed by atoms with Crippen molar-refractivity contribution in [3.05, 3.63) is 194 Å². The predicted molar refractivity (Wildman–Crippen MR) is 213 cm³/mol. The minimum Gasteiger partial charge on any atom is -0.0622 e. The van der Waals surface area contributed by atoms with Crippen molar-refractivity contribution in [3.63, 3.8) is 0 Å². The number of fused-ring (bicyclic) bond motifs is 4. The van der Waals surface area contributed by atoms with Crippen LogP contribution in [0.1, 0.15) is 0 Å². The number of hydrogen-bond acceptors (Lipinski definition) is 0. The highest BCUT2D eigenvalue weighted by atomic mass is 14.3. The lowest BCUT2D eigenvalue weighted by molar-refractivity contribution is 1.57. The molecule has 9 aromatic carbocycles. The molecule has 0 amide bonds. The molecule has 0 saturated carbocycles. The fraction of sp³-hybridized carbons (Fsp3) is 0. The average molecular weight is 633 g/mol. The van der Waals surface area contributed by atoms with Gasteiger partial charge in [-0.2, -0.15) is 0 Å². The maximum Gasteiger partial charge on any atom is -0.00201 e. The van der Waals surface area contributed by atoms with Gasteiger partial charge in [0.2, 0.25) is 0 Å². The fourth-order valence-electron chi connectivity index (χ4n) is 8.04. The van der Waals surface area contributed by atoms with E-state index in [1.807, 2.05) is 0 Å². The molecule has 0 unspecified atom stereocenters. The number of benzene rings is 9. The third kappa shape index (κ3) is 4.61. The lowest BCUT2D eigenvalue weighted by atomic mass is 9.88. The summed E-state index contributed by atoms with van der Waals surface area (Å²) in [6.45, 7) is 0. The summed E-state index contributed by atoms with van der Waals surface area (Å²) >= 11 is 0. The second kappa shape index (κ2) is 11.6. The van der Waals surface area contributed by atoms with E-state index in [0.717, 1.165) is 0 Å². The van der Waals surface area contributed by atoms with Crippen LogP contribution in [0.4, 0.5) is 0 Å². The minimum absolute atomic E-state index is 1.22. The van der Waals surface area contributed by atoms with E-state index in [0.29, 0.717) is 0 Å². The molecule has 0 fully saturated rings. The molecule has 0 saturated heterocycles. The highest BCUT2D eigenvalue weighted by Gasteiger charge is 2.24. The number of rotatable bonds is 5. The summed E-state index contributed by atoms with van der Waals surface area (Å²) in [6, 6.07) is 71.2. The van der Waals surface area contributed by atoms with Crippen molar-refractivity contribution in [1.82, 2.24) is 0 Å². The van der Waals surface area contributed by atoms with Crippen LogP contribution in [0.2, 0.25) is 0 Å². The Morgan fingerprint density at radius 3 is 1.40 bits per heavy atom. The van der Waals surface area contributed by atoms with Gasteiger partial charge in [0.05, 0.1) is 0 Å². The molecule has 0 aliphatic heterocycles. The van der Waals surface area contributed by atoms with Crippen molar-refractivity contribution >= 4 is 21.5 Å². The summed E-state index contributed by atoms with van der Waals surface area (Å²) in [5.74, 6) is 0. The third-order valence-electron chi connectivity index (χ3n) is 10.4. The van der Waals surface area contributed by atoms with Crippen LogP contribution in [0.5, 0.6) is 0 Å². The normalized spacial score (nSPS) is 11.6. The van der Waals surface area contributed by atoms with Crippen molar-refractivity contribution in [2.45, 2.75) is 0 Å². The zero-order valence-electron chi connectivity index (χ0n) is 27.5. The Morgan fingerprint density at radius 1 is 0.200 bits per heavy atom. The Morgan fingerprint density at radius 2 is 0.660 bits per heavy atom. The van der Waals surface area contributed by atoms with Gasteiger partial charge >= 0.3 is 0 Å². The molecule has 0 radical (unpaired) electrons. The van der Waals surface area contributed by atoms with Crippen LogP contribution in [0.25, 0.3) is 99.4 Å². The van der Waals surface area contributed by atoms with E-state index >= 15 is 0 Å². The summed E-state index contributed by atoms with van der Waals surface area (Å²) in [5, 5.41) is 5.15. The van der Waals surface area contributed by atoms with Crippen LogP contribution in [-0.2, 0) is 0 Å². The maximum absolute atomic E-state index is 2.41. The van der Waals surface area contributed by atoms with Gasteiger partial charge in [-0.3, -0.25) is 0 Å². The fourth-order valence-corrected chi connectivity index (χ4v) is 8.04. The Balaban J connectivity index is 1.10. The summed E-state index contributed by atoms with van der Waals surface area (Å²) in [6.07, 6.45) is 0. The van der Waals surface area contributed by atoms with Crippen LogP contribution in [-0.4, -0.2) is 0 Å². The van der Waals surface area contributed by atoms with Gasteiger partial charge in [-0.05, 0) is 118 Å². The summed E-state index contributed by atoms with van der Waals surface area (Å²) < 4.78 is 0. The summed E-state index contributed by atoms with van der Waals surface area (Å²) in [7, 11) is 0. The monoisotopic (exact) mass is 632 g/mol. The van der Waals surface area contributed by atoms with Gasteiger partial charge in [0.1, 0.15) is 0 Å². The van der Waals surface area contributed by atoms with Gasteiger partial charge in [0, 0.05) is 0 Å². The van der Waals surface area contributed by atoms with E-state index < -0.39 is 0 Å². The molecule has 0 spiro atoms. The van der Waals surface area contributed by atoms with Gasteiger partial charge in [-0.15, -0.1) is 0 Å². The van der Waals surface area contributed by atoms with Crippen LogP contribution >= 0.6 is 0 Å². The molecule has 10 rings (SSSR count). The Bertz CT molecular complexity index is 2720. The van der Waals surface area contributed by atoms with Gasteiger partial charge in [-0.1, -0.05) is 176 Å². The maximum atomic E-state index is 2.41. The molecule has 50 heavy (non-hydrogen) atoms. The van der Waals surface area contributed by atoms with E-state index in [2.05, 4.69) is 194 Å². The van der Waals surface area contributed by atoms with Crippen LogP contribution in [0.3, 0.4) is 0 Å². The summed E-state index contributed by atoms with van der Waals surface area (Å²) in [4.78, 5) is 0. The van der Waals surface area contributed by atoms with E-state index in [-0.39, 0.29) is 0 Å². The molecule has 232 valence electrons. The Hall–Kier alpha value is -6.50. The molecule has 1 aliphatic carbocycles. The van der Waals surface area contributed by atoms with E-state index in [9.17, 15) is 0 Å². The van der Waals surface area contributed by atoms with Gasteiger partial charge in [0.25, 0.3) is 0 Å². The molecule has 0 N–H and O–H groups in total. The lowest BCUT2D eigenvalue weighted by Gasteiger charge is -2.16. The first-order chi connectivity index (χ1) is 24.8. The Kier molecular flexibility index (Phi) is 6.60. The topological polar surface area (TPSA) is 0 Å². The molecule has 0 bridgehead atoms. The van der Waals surface area contributed by atoms with Crippen LogP contribution in [0, 0.1) is 0 Å². The first-order valence-electron chi connectivity index (χ1n) is 17.3. The molecule has 0 heteroatoms. The quantitative estimate of drug-likeness (QED) is 0.177. The van der Waals surface area contributed by atoms with Crippen molar-refractivity contribution in [2.75, 3.05) is 0 Å².